The molecule has 0 unspecified atom stereocenters. The van der Waals surface area contributed by atoms with Crippen LogP contribution in [0.15, 0.2) is 12.3 Å². The number of hydrogen-bond donors (Lipinski definition) is 1. The highest BCUT2D eigenvalue weighted by Gasteiger charge is 2.28. The maximum absolute atomic E-state index is 11.7. The predicted octanol–water partition coefficient (Wildman–Crippen LogP) is 1.000. The third kappa shape index (κ3) is 3.14. The van der Waals surface area contributed by atoms with Crippen LogP contribution in [0.1, 0.15) is 0 Å². The number of rotatable bonds is 2. The number of halogens is 3. The third-order valence-electron chi connectivity index (χ3n) is 1.10. The Morgan fingerprint density at radius 2 is 2.15 bits per heavy atom. The summed E-state index contributed by atoms with van der Waals surface area (Å²) >= 11 is 0. The molecule has 0 aliphatic heterocycles. The second kappa shape index (κ2) is 3.46. The molecule has 0 atom stereocenters. The smallest absolute Gasteiger partial charge is 0.422 e. The molecule has 0 aromatic carbocycles. The SMILES string of the molecule is Nc1nnccc1OCC(F)(F)F. The second-order valence-corrected chi connectivity index (χ2v) is 2.18. The normalized spacial score (nSPS) is 11.3. The summed E-state index contributed by atoms with van der Waals surface area (Å²) in [7, 11) is 0. The molecule has 1 rings (SSSR count). The van der Waals surface area contributed by atoms with Gasteiger partial charge in [-0.25, -0.2) is 0 Å². The van der Waals surface area contributed by atoms with Crippen molar-refractivity contribution in [3.63, 3.8) is 0 Å². The molecule has 0 aliphatic rings. The lowest BCUT2D eigenvalue weighted by Crippen LogP contribution is -2.19. The molecular formula is C6H6F3N3O. The van der Waals surface area contributed by atoms with Crippen molar-refractivity contribution in [1.29, 1.82) is 0 Å². The van der Waals surface area contributed by atoms with Gasteiger partial charge in [0.15, 0.2) is 18.2 Å². The average Bonchev–Trinajstić information content (AvgIpc) is 2.01. The van der Waals surface area contributed by atoms with Crippen LogP contribution in [0.2, 0.25) is 0 Å². The van der Waals surface area contributed by atoms with Crippen molar-refractivity contribution in [2.24, 2.45) is 0 Å². The van der Waals surface area contributed by atoms with Crippen molar-refractivity contribution < 1.29 is 17.9 Å². The maximum atomic E-state index is 11.7. The predicted molar refractivity (Wildman–Crippen MR) is 38.0 cm³/mol. The molecule has 13 heavy (non-hydrogen) atoms. The van der Waals surface area contributed by atoms with Gasteiger partial charge in [-0.15, -0.1) is 5.10 Å². The van der Waals surface area contributed by atoms with Crippen molar-refractivity contribution in [3.8, 4) is 5.75 Å². The maximum Gasteiger partial charge on any atom is 0.422 e. The second-order valence-electron chi connectivity index (χ2n) is 2.18. The molecule has 1 aromatic heterocycles. The molecule has 1 aromatic rings. The van der Waals surface area contributed by atoms with Crippen LogP contribution in [0, 0.1) is 0 Å². The van der Waals surface area contributed by atoms with Crippen molar-refractivity contribution in [2.45, 2.75) is 6.18 Å². The summed E-state index contributed by atoms with van der Waals surface area (Å²) in [6.07, 6.45) is -3.18. The molecule has 0 amide bonds. The molecule has 4 nitrogen and oxygen atoms in total. The van der Waals surface area contributed by atoms with E-state index in [-0.39, 0.29) is 11.6 Å². The zero-order chi connectivity index (χ0) is 9.90. The number of ether oxygens (including phenoxy) is 1. The fourth-order valence-electron chi connectivity index (χ4n) is 0.613. The van der Waals surface area contributed by atoms with Crippen LogP contribution in [0.25, 0.3) is 0 Å². The fourth-order valence-corrected chi connectivity index (χ4v) is 0.613. The van der Waals surface area contributed by atoms with Gasteiger partial charge in [-0.3, -0.25) is 0 Å². The minimum atomic E-state index is -4.38. The van der Waals surface area contributed by atoms with E-state index < -0.39 is 12.8 Å². The van der Waals surface area contributed by atoms with Gasteiger partial charge in [0.25, 0.3) is 0 Å². The van der Waals surface area contributed by atoms with Crippen LogP contribution in [0.5, 0.6) is 5.75 Å². The largest absolute Gasteiger partial charge is 0.480 e. The highest BCUT2D eigenvalue weighted by atomic mass is 19.4. The molecule has 0 fully saturated rings. The van der Waals surface area contributed by atoms with Crippen LogP contribution in [0.3, 0.4) is 0 Å². The summed E-state index contributed by atoms with van der Waals surface area (Å²) in [5.41, 5.74) is 5.18. The molecule has 1 heterocycles. The Morgan fingerprint density at radius 3 is 2.69 bits per heavy atom. The van der Waals surface area contributed by atoms with Crippen molar-refractivity contribution in [1.82, 2.24) is 10.2 Å². The van der Waals surface area contributed by atoms with E-state index in [0.29, 0.717) is 0 Å². The van der Waals surface area contributed by atoms with Crippen molar-refractivity contribution in [3.05, 3.63) is 12.3 Å². The van der Waals surface area contributed by atoms with E-state index in [9.17, 15) is 13.2 Å². The Labute approximate surface area is 71.5 Å². The van der Waals surface area contributed by atoms with Crippen LogP contribution in [-0.2, 0) is 0 Å². The molecule has 0 bridgehead atoms. The van der Waals surface area contributed by atoms with Crippen LogP contribution < -0.4 is 10.5 Å². The highest BCUT2D eigenvalue weighted by Crippen LogP contribution is 2.20. The Hall–Kier alpha value is -1.53. The minimum Gasteiger partial charge on any atom is -0.480 e. The molecule has 0 saturated carbocycles. The van der Waals surface area contributed by atoms with Gasteiger partial charge in [0.05, 0.1) is 6.20 Å². The number of nitrogens with two attached hydrogens (primary N) is 1. The van der Waals surface area contributed by atoms with E-state index in [2.05, 4.69) is 14.9 Å². The van der Waals surface area contributed by atoms with Gasteiger partial charge < -0.3 is 10.5 Å². The first-order valence-electron chi connectivity index (χ1n) is 3.26. The Kier molecular flexibility index (Phi) is 2.54. The first kappa shape index (κ1) is 9.56. The van der Waals surface area contributed by atoms with Crippen LogP contribution in [-0.4, -0.2) is 23.0 Å². The standard InChI is InChI=1S/C6H6F3N3O/c7-6(8,9)3-13-4-1-2-11-12-5(4)10/h1-2H,3H2,(H2,10,12). The van der Waals surface area contributed by atoms with Gasteiger partial charge in [0.1, 0.15) is 0 Å². The quantitative estimate of drug-likeness (QED) is 0.761. The third-order valence-corrected chi connectivity index (χ3v) is 1.10. The Balaban J connectivity index is 2.60. The first-order chi connectivity index (χ1) is 5.99. The number of alkyl halides is 3. The topological polar surface area (TPSA) is 61.0 Å². The summed E-state index contributed by atoms with van der Waals surface area (Å²) < 4.78 is 39.4. The van der Waals surface area contributed by atoms with E-state index >= 15 is 0 Å². The summed E-state index contributed by atoms with van der Waals surface area (Å²) in [6.45, 7) is -1.39. The van der Waals surface area contributed by atoms with E-state index in [1.807, 2.05) is 0 Å². The van der Waals surface area contributed by atoms with Gasteiger partial charge in [0.2, 0.25) is 0 Å². The van der Waals surface area contributed by atoms with Gasteiger partial charge in [-0.05, 0) is 0 Å². The average molecular weight is 193 g/mol. The zero-order valence-electron chi connectivity index (χ0n) is 6.38. The number of nitrogen functional groups attached to an aromatic ring is 1. The van der Waals surface area contributed by atoms with Crippen LogP contribution in [0.4, 0.5) is 19.0 Å². The zero-order valence-corrected chi connectivity index (χ0v) is 6.38. The number of anilines is 1. The molecule has 0 spiro atoms. The molecule has 72 valence electrons. The van der Waals surface area contributed by atoms with E-state index in [4.69, 9.17) is 5.73 Å². The number of hydrogen-bond acceptors (Lipinski definition) is 4. The Bertz CT molecular complexity index is 289. The Morgan fingerprint density at radius 1 is 1.46 bits per heavy atom. The molecule has 0 radical (unpaired) electrons. The molecular weight excluding hydrogens is 187 g/mol. The molecule has 2 N–H and O–H groups in total. The van der Waals surface area contributed by atoms with Gasteiger partial charge in [0, 0.05) is 6.07 Å². The fraction of sp³-hybridized carbons (Fsp3) is 0.333. The van der Waals surface area contributed by atoms with Crippen molar-refractivity contribution in [2.75, 3.05) is 12.3 Å². The van der Waals surface area contributed by atoms with Gasteiger partial charge in [-0.2, -0.15) is 18.3 Å². The van der Waals surface area contributed by atoms with Gasteiger partial charge in [-0.1, -0.05) is 0 Å². The highest BCUT2D eigenvalue weighted by molar-refractivity contribution is 5.43. The first-order valence-corrected chi connectivity index (χ1v) is 3.26. The monoisotopic (exact) mass is 193 g/mol. The molecule has 0 saturated heterocycles. The van der Waals surface area contributed by atoms with Crippen molar-refractivity contribution >= 4 is 5.82 Å². The lowest BCUT2D eigenvalue weighted by atomic mass is 10.5. The molecule has 7 heteroatoms. The molecule has 0 aliphatic carbocycles. The lowest BCUT2D eigenvalue weighted by molar-refractivity contribution is -0.153. The minimum absolute atomic E-state index is 0.118. The van der Waals surface area contributed by atoms with E-state index in [0.717, 1.165) is 0 Å². The lowest BCUT2D eigenvalue weighted by Gasteiger charge is -2.09. The van der Waals surface area contributed by atoms with E-state index in [1.165, 1.54) is 12.3 Å². The summed E-state index contributed by atoms with van der Waals surface area (Å²) in [4.78, 5) is 0. The summed E-state index contributed by atoms with van der Waals surface area (Å²) in [6, 6.07) is 1.22. The number of nitrogens with zero attached hydrogens (tertiary/aromatic N) is 2. The van der Waals surface area contributed by atoms with Crippen LogP contribution >= 0.6 is 0 Å². The van der Waals surface area contributed by atoms with Gasteiger partial charge >= 0.3 is 6.18 Å². The number of aromatic nitrogens is 2. The summed E-state index contributed by atoms with van der Waals surface area (Å²) in [5.74, 6) is -0.279. The van der Waals surface area contributed by atoms with E-state index in [1.54, 1.807) is 0 Å². The summed E-state index contributed by atoms with van der Waals surface area (Å²) in [5, 5.41) is 6.67.